The quantitative estimate of drug-likeness (QED) is 0.815. The number of alkyl halides is 1. The lowest BCUT2D eigenvalue weighted by molar-refractivity contribution is -0.120. The van der Waals surface area contributed by atoms with Crippen LogP contribution in [0.3, 0.4) is 0 Å². The minimum absolute atomic E-state index is 0.0363. The topological polar surface area (TPSA) is 58.6 Å². The van der Waals surface area contributed by atoms with E-state index in [1.54, 1.807) is 11.9 Å². The molecule has 5 nitrogen and oxygen atoms in total. The molecule has 0 saturated heterocycles. The fraction of sp³-hybridized carbons (Fsp3) is 0.857. The van der Waals surface area contributed by atoms with Crippen LogP contribution >= 0.6 is 11.6 Å². The van der Waals surface area contributed by atoms with Crippen molar-refractivity contribution in [3.05, 3.63) is 0 Å². The van der Waals surface area contributed by atoms with Gasteiger partial charge in [-0.1, -0.05) is 12.8 Å². The molecule has 0 radical (unpaired) electrons. The third-order valence-electron chi connectivity index (χ3n) is 3.38. The molecule has 6 heteroatoms. The molecule has 2 amide bonds. The van der Waals surface area contributed by atoms with E-state index in [1.807, 2.05) is 20.8 Å². The lowest BCUT2D eigenvalue weighted by atomic mass is 9.89. The molecule has 1 aliphatic carbocycles. The molecule has 0 aromatic heterocycles. The Morgan fingerprint density at radius 2 is 1.90 bits per heavy atom. The summed E-state index contributed by atoms with van der Waals surface area (Å²) in [5.74, 6) is -0.250. The number of rotatable bonds is 3. The van der Waals surface area contributed by atoms with E-state index in [-0.39, 0.29) is 30.0 Å². The monoisotopic (exact) mass is 304 g/mol. The number of halogens is 1. The highest BCUT2D eigenvalue weighted by atomic mass is 35.5. The van der Waals surface area contributed by atoms with Crippen molar-refractivity contribution < 1.29 is 14.3 Å². The maximum absolute atomic E-state index is 12.1. The first-order chi connectivity index (χ1) is 9.24. The normalized spacial score (nSPS) is 23.1. The molecule has 2 atom stereocenters. The van der Waals surface area contributed by atoms with Gasteiger partial charge >= 0.3 is 6.09 Å². The van der Waals surface area contributed by atoms with Crippen LogP contribution in [0.2, 0.25) is 0 Å². The smallest absolute Gasteiger partial charge is 0.410 e. The predicted octanol–water partition coefficient (Wildman–Crippen LogP) is 2.52. The van der Waals surface area contributed by atoms with Crippen molar-refractivity contribution in [3.8, 4) is 0 Å². The van der Waals surface area contributed by atoms with Crippen molar-refractivity contribution in [2.24, 2.45) is 0 Å². The summed E-state index contributed by atoms with van der Waals surface area (Å²) in [6.07, 6.45) is 3.47. The first kappa shape index (κ1) is 17.1. The Hall–Kier alpha value is -0.970. The number of nitrogens with zero attached hydrogens (tertiary/aromatic N) is 1. The van der Waals surface area contributed by atoms with E-state index in [4.69, 9.17) is 16.3 Å². The van der Waals surface area contributed by atoms with Crippen LogP contribution in [0.15, 0.2) is 0 Å². The molecular formula is C14H25ClN2O3. The van der Waals surface area contributed by atoms with Crippen LogP contribution in [0.25, 0.3) is 0 Å². The van der Waals surface area contributed by atoms with Gasteiger partial charge in [-0.15, -0.1) is 11.6 Å². The average molecular weight is 305 g/mol. The number of hydrogen-bond acceptors (Lipinski definition) is 3. The van der Waals surface area contributed by atoms with E-state index in [9.17, 15) is 9.59 Å². The first-order valence-corrected chi connectivity index (χ1v) is 7.59. The number of nitrogens with one attached hydrogen (secondary N) is 1. The molecule has 0 unspecified atom stereocenters. The van der Waals surface area contributed by atoms with E-state index in [0.717, 1.165) is 25.7 Å². The molecule has 0 spiro atoms. The van der Waals surface area contributed by atoms with Crippen LogP contribution in [-0.2, 0) is 9.53 Å². The van der Waals surface area contributed by atoms with Gasteiger partial charge in [0, 0.05) is 13.1 Å². The third-order valence-corrected chi connectivity index (χ3v) is 3.62. The molecule has 0 aromatic rings. The first-order valence-electron chi connectivity index (χ1n) is 7.05. The highest BCUT2D eigenvalue weighted by Gasteiger charge is 2.33. The lowest BCUT2D eigenvalue weighted by Crippen LogP contribution is -2.54. The molecule has 1 N–H and O–H groups in total. The molecule has 0 aromatic carbocycles. The summed E-state index contributed by atoms with van der Waals surface area (Å²) in [5, 5.41) is 2.90. The molecular weight excluding hydrogens is 280 g/mol. The Bertz CT molecular complexity index is 355. The molecule has 116 valence electrons. The zero-order chi connectivity index (χ0) is 15.3. The van der Waals surface area contributed by atoms with Gasteiger partial charge in [-0.25, -0.2) is 4.79 Å². The van der Waals surface area contributed by atoms with Gasteiger partial charge in [0.05, 0.1) is 6.04 Å². The second-order valence-corrected chi connectivity index (χ2v) is 6.52. The van der Waals surface area contributed by atoms with Gasteiger partial charge in [0.1, 0.15) is 11.5 Å². The summed E-state index contributed by atoms with van der Waals surface area (Å²) in [5.41, 5.74) is -0.519. The molecule has 0 heterocycles. The summed E-state index contributed by atoms with van der Waals surface area (Å²) >= 11 is 5.53. The highest BCUT2D eigenvalue weighted by molar-refractivity contribution is 6.27. The van der Waals surface area contributed by atoms with Crippen molar-refractivity contribution >= 4 is 23.6 Å². The number of ether oxygens (including phenoxy) is 1. The van der Waals surface area contributed by atoms with Crippen molar-refractivity contribution in [3.63, 3.8) is 0 Å². The number of hydrogen-bond donors (Lipinski definition) is 1. The van der Waals surface area contributed by atoms with E-state index in [0.29, 0.717) is 0 Å². The third kappa shape index (κ3) is 5.19. The highest BCUT2D eigenvalue weighted by Crippen LogP contribution is 2.24. The van der Waals surface area contributed by atoms with E-state index in [1.165, 1.54) is 0 Å². The summed E-state index contributed by atoms with van der Waals surface area (Å²) in [6.45, 7) is 5.52. The van der Waals surface area contributed by atoms with Gasteiger partial charge in [0.2, 0.25) is 5.91 Å². The predicted molar refractivity (Wildman–Crippen MR) is 78.9 cm³/mol. The SMILES string of the molecule is CN(C(=O)OC(C)(C)C)[C@@H]1CCCC[C@@H]1NC(=O)CCl. The summed E-state index contributed by atoms with van der Waals surface area (Å²) < 4.78 is 5.38. The molecule has 1 saturated carbocycles. The summed E-state index contributed by atoms with van der Waals surface area (Å²) in [7, 11) is 1.73. The van der Waals surface area contributed by atoms with Crippen LogP contribution in [-0.4, -0.2) is 47.5 Å². The van der Waals surface area contributed by atoms with Crippen LogP contribution in [0.5, 0.6) is 0 Å². The zero-order valence-electron chi connectivity index (χ0n) is 12.7. The van der Waals surface area contributed by atoms with Crippen LogP contribution in [0.4, 0.5) is 4.79 Å². The second kappa shape index (κ2) is 7.16. The van der Waals surface area contributed by atoms with Crippen molar-refractivity contribution in [2.75, 3.05) is 12.9 Å². The van der Waals surface area contributed by atoms with Crippen LogP contribution in [0, 0.1) is 0 Å². The van der Waals surface area contributed by atoms with Gasteiger partial charge < -0.3 is 15.0 Å². The molecule has 0 bridgehead atoms. The Morgan fingerprint density at radius 1 is 1.30 bits per heavy atom. The Morgan fingerprint density at radius 3 is 2.45 bits per heavy atom. The largest absolute Gasteiger partial charge is 0.444 e. The molecule has 0 aliphatic heterocycles. The molecule has 1 fully saturated rings. The summed E-state index contributed by atoms with van der Waals surface area (Å²) in [6, 6.07) is -0.0849. The van der Waals surface area contributed by atoms with E-state index in [2.05, 4.69) is 5.32 Å². The van der Waals surface area contributed by atoms with Gasteiger partial charge in [0.15, 0.2) is 0 Å². The van der Waals surface area contributed by atoms with Gasteiger partial charge in [-0.2, -0.15) is 0 Å². The van der Waals surface area contributed by atoms with Crippen molar-refractivity contribution in [2.45, 2.75) is 64.1 Å². The van der Waals surface area contributed by atoms with Crippen LogP contribution in [0.1, 0.15) is 46.5 Å². The van der Waals surface area contributed by atoms with Crippen molar-refractivity contribution in [1.29, 1.82) is 0 Å². The molecule has 1 rings (SSSR count). The molecule has 20 heavy (non-hydrogen) atoms. The van der Waals surface area contributed by atoms with Gasteiger partial charge in [0.25, 0.3) is 0 Å². The van der Waals surface area contributed by atoms with Gasteiger partial charge in [-0.3, -0.25) is 4.79 Å². The number of amides is 2. The van der Waals surface area contributed by atoms with E-state index >= 15 is 0 Å². The van der Waals surface area contributed by atoms with Crippen LogP contribution < -0.4 is 5.32 Å². The second-order valence-electron chi connectivity index (χ2n) is 6.25. The number of likely N-dealkylation sites (N-methyl/N-ethyl adjacent to an activating group) is 1. The Kier molecular flexibility index (Phi) is 6.11. The Balaban J connectivity index is 2.68. The number of carbonyl (C=O) groups is 2. The lowest BCUT2D eigenvalue weighted by Gasteiger charge is -2.38. The Labute approximate surface area is 126 Å². The summed E-state index contributed by atoms with van der Waals surface area (Å²) in [4.78, 5) is 25.2. The fourth-order valence-corrected chi connectivity index (χ4v) is 2.54. The maximum Gasteiger partial charge on any atom is 0.410 e. The number of carbonyl (C=O) groups excluding carboxylic acids is 2. The zero-order valence-corrected chi connectivity index (χ0v) is 13.5. The standard InChI is InChI=1S/C14H25ClN2O3/c1-14(2,3)20-13(19)17(4)11-8-6-5-7-10(11)16-12(18)9-15/h10-11H,5-9H2,1-4H3,(H,16,18)/t10-,11+/m0/s1. The maximum atomic E-state index is 12.1. The van der Waals surface area contributed by atoms with Crippen molar-refractivity contribution in [1.82, 2.24) is 10.2 Å². The average Bonchev–Trinajstić information content (AvgIpc) is 2.36. The molecule has 1 aliphatic rings. The minimum atomic E-state index is -0.519. The minimum Gasteiger partial charge on any atom is -0.444 e. The van der Waals surface area contributed by atoms with E-state index < -0.39 is 5.60 Å². The fourth-order valence-electron chi connectivity index (χ4n) is 2.46. The van der Waals surface area contributed by atoms with Gasteiger partial charge in [-0.05, 0) is 33.6 Å².